The highest BCUT2D eigenvalue weighted by Gasteiger charge is 2.49. The maximum Gasteiger partial charge on any atom is 0.335 e. The largest absolute Gasteiger partial charge is 0.478 e. The topological polar surface area (TPSA) is 94.7 Å². The van der Waals surface area contributed by atoms with Gasteiger partial charge in [-0.3, -0.25) is 0 Å². The summed E-state index contributed by atoms with van der Waals surface area (Å²) >= 11 is 6.57. The van der Waals surface area contributed by atoms with Crippen LogP contribution in [0.5, 0.6) is 17.4 Å². The number of hydrogen-bond acceptors (Lipinski definition) is 6. The van der Waals surface area contributed by atoms with Crippen molar-refractivity contribution in [3.05, 3.63) is 87.3 Å². The third-order valence-electron chi connectivity index (χ3n) is 7.84. The molecule has 2 fully saturated rings. The quantitative estimate of drug-likeness (QED) is 0.282. The Morgan fingerprint density at radius 2 is 2.00 bits per heavy atom. The molecule has 0 radical (unpaired) electrons. The first kappa shape index (κ1) is 23.3. The molecule has 38 heavy (non-hydrogen) atoms. The molecule has 1 spiro atoms. The smallest absolute Gasteiger partial charge is 0.335 e. The van der Waals surface area contributed by atoms with Crippen molar-refractivity contribution in [3.63, 3.8) is 0 Å². The number of carbonyl (C=O) groups is 1. The summed E-state index contributed by atoms with van der Waals surface area (Å²) in [6.07, 6.45) is 4.88. The van der Waals surface area contributed by atoms with E-state index < -0.39 is 5.97 Å². The Kier molecular flexibility index (Phi) is 5.27. The van der Waals surface area contributed by atoms with Gasteiger partial charge in [0.15, 0.2) is 0 Å². The lowest BCUT2D eigenvalue weighted by molar-refractivity contribution is 0.0696. The zero-order valence-electron chi connectivity index (χ0n) is 20.8. The second-order valence-corrected chi connectivity index (χ2v) is 11.0. The molecule has 4 aromatic rings. The molecule has 0 atom stereocenters. The predicted octanol–water partition coefficient (Wildman–Crippen LogP) is 7.23. The molecular weight excluding hydrogens is 504 g/mol. The number of ether oxygens (including phenoxy) is 2. The number of benzene rings is 2. The molecule has 0 amide bonds. The van der Waals surface area contributed by atoms with Crippen LogP contribution in [-0.4, -0.2) is 21.2 Å². The lowest BCUT2D eigenvalue weighted by Crippen LogP contribution is -2.12. The lowest BCUT2D eigenvalue weighted by atomic mass is 9.92. The third kappa shape index (κ3) is 3.93. The Hall–Kier alpha value is -3.84. The van der Waals surface area contributed by atoms with Gasteiger partial charge in [-0.25, -0.2) is 9.78 Å². The van der Waals surface area contributed by atoms with Crippen molar-refractivity contribution in [1.29, 1.82) is 0 Å². The molecular formula is C30H25ClN2O5. The molecule has 2 saturated carbocycles. The Morgan fingerprint density at radius 3 is 2.74 bits per heavy atom. The summed E-state index contributed by atoms with van der Waals surface area (Å²) in [6.45, 7) is 2.27. The van der Waals surface area contributed by atoms with E-state index in [1.165, 1.54) is 0 Å². The van der Waals surface area contributed by atoms with E-state index in [-0.39, 0.29) is 17.6 Å². The fraction of sp³-hybridized carbons (Fsp3) is 0.300. The summed E-state index contributed by atoms with van der Waals surface area (Å²) in [6, 6.07) is 14.5. The van der Waals surface area contributed by atoms with E-state index in [4.69, 9.17) is 30.6 Å². The molecule has 8 heteroatoms. The molecule has 7 rings (SSSR count). The first-order valence-electron chi connectivity index (χ1n) is 12.8. The Balaban J connectivity index is 1.21. The fourth-order valence-electron chi connectivity index (χ4n) is 5.43. The highest BCUT2D eigenvalue weighted by Crippen LogP contribution is 2.56. The average molecular weight is 529 g/mol. The summed E-state index contributed by atoms with van der Waals surface area (Å²) < 4.78 is 18.3. The minimum Gasteiger partial charge on any atom is -0.478 e. The van der Waals surface area contributed by atoms with Gasteiger partial charge in [0.05, 0.1) is 21.8 Å². The van der Waals surface area contributed by atoms with E-state index in [9.17, 15) is 9.90 Å². The van der Waals surface area contributed by atoms with Gasteiger partial charge >= 0.3 is 5.97 Å². The predicted molar refractivity (Wildman–Crippen MR) is 140 cm³/mol. The van der Waals surface area contributed by atoms with Crippen molar-refractivity contribution in [2.24, 2.45) is 0 Å². The molecule has 7 nitrogen and oxygen atoms in total. The molecule has 192 valence electrons. The van der Waals surface area contributed by atoms with E-state index in [1.807, 2.05) is 37.3 Å². The number of aromatic carboxylic acids is 1. The Bertz CT molecular complexity index is 1580. The van der Waals surface area contributed by atoms with Gasteiger partial charge in [0, 0.05) is 23.0 Å². The van der Waals surface area contributed by atoms with Crippen molar-refractivity contribution in [2.45, 2.75) is 57.0 Å². The molecule has 3 heterocycles. The van der Waals surface area contributed by atoms with Crippen LogP contribution in [0.1, 0.15) is 70.1 Å². The first-order valence-corrected chi connectivity index (χ1v) is 13.2. The van der Waals surface area contributed by atoms with Crippen LogP contribution in [0.3, 0.4) is 0 Å². The summed E-state index contributed by atoms with van der Waals surface area (Å²) in [5, 5.41) is 14.5. The second-order valence-electron chi connectivity index (χ2n) is 10.6. The number of aromatic nitrogens is 2. The number of nitrogens with zero attached hydrogens (tertiary/aromatic N) is 2. The van der Waals surface area contributed by atoms with Crippen LogP contribution in [0, 0.1) is 6.92 Å². The highest BCUT2D eigenvalue weighted by atomic mass is 35.5. The Labute approximate surface area is 224 Å². The maximum absolute atomic E-state index is 11.5. The SMILES string of the molecule is Cc1cccc(Cl)c1-c1noc(C2CC2)c1COc1ccc2c(n1)C1(CC1)Cc1ccc(C(=O)O)cc1O2. The summed E-state index contributed by atoms with van der Waals surface area (Å²) in [4.78, 5) is 16.4. The lowest BCUT2D eigenvalue weighted by Gasteiger charge is -2.15. The normalized spacial score (nSPS) is 16.8. The number of carboxylic acid groups (broad SMARTS) is 1. The molecule has 0 bridgehead atoms. The van der Waals surface area contributed by atoms with E-state index in [1.54, 1.807) is 18.2 Å². The van der Waals surface area contributed by atoms with Crippen molar-refractivity contribution in [2.75, 3.05) is 0 Å². The van der Waals surface area contributed by atoms with Gasteiger partial charge in [-0.15, -0.1) is 0 Å². The molecule has 2 aromatic carbocycles. The van der Waals surface area contributed by atoms with Gasteiger partial charge < -0.3 is 19.1 Å². The zero-order chi connectivity index (χ0) is 26.0. The van der Waals surface area contributed by atoms with Crippen LogP contribution in [0.2, 0.25) is 5.02 Å². The Morgan fingerprint density at radius 1 is 1.16 bits per heavy atom. The van der Waals surface area contributed by atoms with Crippen molar-refractivity contribution in [1.82, 2.24) is 10.1 Å². The number of aryl methyl sites for hydroxylation is 1. The molecule has 1 N–H and O–H groups in total. The van der Waals surface area contributed by atoms with Crippen LogP contribution in [-0.2, 0) is 18.4 Å². The van der Waals surface area contributed by atoms with E-state index in [0.29, 0.717) is 28.3 Å². The van der Waals surface area contributed by atoms with Crippen LogP contribution >= 0.6 is 11.6 Å². The summed E-state index contributed by atoms with van der Waals surface area (Å²) in [5.41, 5.74) is 5.45. The number of rotatable bonds is 6. The maximum atomic E-state index is 11.5. The van der Waals surface area contributed by atoms with Gasteiger partial charge in [0.1, 0.15) is 29.6 Å². The summed E-state index contributed by atoms with van der Waals surface area (Å²) in [5.74, 6) is 1.96. The van der Waals surface area contributed by atoms with Gasteiger partial charge in [-0.2, -0.15) is 0 Å². The third-order valence-corrected chi connectivity index (χ3v) is 8.16. The van der Waals surface area contributed by atoms with Crippen molar-refractivity contribution < 1.29 is 23.9 Å². The van der Waals surface area contributed by atoms with Crippen LogP contribution in [0.4, 0.5) is 0 Å². The van der Waals surface area contributed by atoms with E-state index in [2.05, 4.69) is 5.16 Å². The van der Waals surface area contributed by atoms with Crippen molar-refractivity contribution in [3.8, 4) is 28.6 Å². The molecule has 0 saturated heterocycles. The van der Waals surface area contributed by atoms with Gasteiger partial charge in [0.2, 0.25) is 5.88 Å². The van der Waals surface area contributed by atoms with Gasteiger partial charge in [-0.05, 0) is 74.4 Å². The molecule has 3 aliphatic rings. The molecule has 0 unspecified atom stereocenters. The van der Waals surface area contributed by atoms with Gasteiger partial charge in [0.25, 0.3) is 0 Å². The van der Waals surface area contributed by atoms with Crippen LogP contribution in [0.25, 0.3) is 11.3 Å². The average Bonchev–Trinajstić information content (AvgIpc) is 3.83. The standard InChI is InChI=1S/C30H25ClN2O5/c1-16-3-2-4-21(31)25(16)26-20(27(38-33-26)17-5-6-17)15-36-24-10-9-22-28(32-24)30(11-12-30)14-19-8-7-18(29(34)35)13-23(19)37-22/h2-4,7-10,13,17H,5-6,11-12,14-15H2,1H3,(H,34,35). The number of halogens is 1. The second kappa shape index (κ2) is 8.60. The number of carboxylic acids is 1. The van der Waals surface area contributed by atoms with Crippen LogP contribution in [0.15, 0.2) is 53.1 Å². The highest BCUT2D eigenvalue weighted by molar-refractivity contribution is 6.33. The minimum atomic E-state index is -0.977. The van der Waals surface area contributed by atoms with E-state index in [0.717, 1.165) is 71.5 Å². The molecule has 2 aliphatic carbocycles. The number of fused-ring (bicyclic) bond motifs is 3. The van der Waals surface area contributed by atoms with Gasteiger partial charge in [-0.1, -0.05) is 35.0 Å². The molecule has 2 aromatic heterocycles. The minimum absolute atomic E-state index is 0.124. The van der Waals surface area contributed by atoms with Crippen LogP contribution < -0.4 is 9.47 Å². The monoisotopic (exact) mass is 528 g/mol. The summed E-state index contributed by atoms with van der Waals surface area (Å²) in [7, 11) is 0. The molecule has 1 aliphatic heterocycles. The first-order chi connectivity index (χ1) is 18.4. The van der Waals surface area contributed by atoms with E-state index >= 15 is 0 Å². The van der Waals surface area contributed by atoms with Crippen molar-refractivity contribution >= 4 is 17.6 Å². The fourth-order valence-corrected chi connectivity index (χ4v) is 5.74. The number of pyridine rings is 1. The number of hydrogen-bond donors (Lipinski definition) is 1. The zero-order valence-corrected chi connectivity index (χ0v) is 21.5.